The lowest BCUT2D eigenvalue weighted by Crippen LogP contribution is -2.29. The predicted octanol–water partition coefficient (Wildman–Crippen LogP) is 0.888. The lowest BCUT2D eigenvalue weighted by atomic mass is 10.1. The summed E-state index contributed by atoms with van der Waals surface area (Å²) in [7, 11) is 1.37. The molecular weight excluding hydrogens is 236 g/mol. The van der Waals surface area contributed by atoms with Crippen molar-refractivity contribution in [2.24, 2.45) is 5.92 Å². The van der Waals surface area contributed by atoms with Gasteiger partial charge in [0.25, 0.3) is 0 Å². The van der Waals surface area contributed by atoms with Gasteiger partial charge in [-0.3, -0.25) is 9.78 Å². The number of hydrogen-bond donors (Lipinski definition) is 1. The smallest absolute Gasteiger partial charge is 0.305 e. The van der Waals surface area contributed by atoms with Crippen LogP contribution in [0.5, 0.6) is 0 Å². The van der Waals surface area contributed by atoms with E-state index >= 15 is 0 Å². The lowest BCUT2D eigenvalue weighted by Gasteiger charge is -2.29. The largest absolute Gasteiger partial charge is 0.469 e. The van der Waals surface area contributed by atoms with Crippen molar-refractivity contribution in [3.05, 3.63) is 24.0 Å². The van der Waals surface area contributed by atoms with E-state index in [1.807, 2.05) is 0 Å². The van der Waals surface area contributed by atoms with Gasteiger partial charge in [0.05, 0.1) is 38.6 Å². The summed E-state index contributed by atoms with van der Waals surface area (Å²) in [5, 5.41) is 0. The lowest BCUT2D eigenvalue weighted by molar-refractivity contribution is -0.207. The fourth-order valence-corrected chi connectivity index (χ4v) is 1.79. The predicted molar refractivity (Wildman–Crippen MR) is 63.4 cm³/mol. The Kier molecular flexibility index (Phi) is 4.11. The second-order valence-corrected chi connectivity index (χ2v) is 4.15. The van der Waals surface area contributed by atoms with Gasteiger partial charge in [-0.1, -0.05) is 0 Å². The average Bonchev–Trinajstić information content (AvgIpc) is 2.40. The van der Waals surface area contributed by atoms with E-state index in [9.17, 15) is 4.79 Å². The molecule has 0 radical (unpaired) electrons. The maximum atomic E-state index is 11.1. The Morgan fingerprint density at radius 3 is 2.89 bits per heavy atom. The number of nitrogens with zero attached hydrogens (tertiary/aromatic N) is 1. The zero-order chi connectivity index (χ0) is 13.0. The molecule has 1 aromatic heterocycles. The third-order valence-electron chi connectivity index (χ3n) is 2.79. The number of ether oxygens (including phenoxy) is 3. The first-order valence-corrected chi connectivity index (χ1v) is 5.70. The first-order valence-electron chi connectivity index (χ1n) is 5.70. The second kappa shape index (κ2) is 5.79. The molecule has 6 nitrogen and oxygen atoms in total. The van der Waals surface area contributed by atoms with Crippen molar-refractivity contribution in [1.82, 2.24) is 4.98 Å². The highest BCUT2D eigenvalue weighted by Gasteiger charge is 2.26. The number of methoxy groups -OCH3 is 1. The molecule has 98 valence electrons. The molecule has 2 N–H and O–H groups in total. The molecule has 2 rings (SSSR count). The molecule has 6 heteroatoms. The summed E-state index contributed by atoms with van der Waals surface area (Å²) >= 11 is 0. The molecule has 0 unspecified atom stereocenters. The van der Waals surface area contributed by atoms with Gasteiger partial charge in [-0.2, -0.15) is 0 Å². The van der Waals surface area contributed by atoms with E-state index in [1.165, 1.54) is 7.11 Å². The molecule has 1 fully saturated rings. The van der Waals surface area contributed by atoms with Crippen LogP contribution in [0.4, 0.5) is 5.69 Å². The quantitative estimate of drug-likeness (QED) is 0.804. The summed E-state index contributed by atoms with van der Waals surface area (Å²) in [6, 6.07) is 1.76. The Morgan fingerprint density at radius 2 is 2.28 bits per heavy atom. The molecule has 1 saturated heterocycles. The maximum absolute atomic E-state index is 11.1. The highest BCUT2D eigenvalue weighted by Crippen LogP contribution is 2.29. The summed E-state index contributed by atoms with van der Waals surface area (Å²) in [6.45, 7) is 0.892. The minimum absolute atomic E-state index is 0.0248. The molecule has 1 aliphatic rings. The van der Waals surface area contributed by atoms with E-state index in [1.54, 1.807) is 18.5 Å². The van der Waals surface area contributed by atoms with Crippen molar-refractivity contribution in [1.29, 1.82) is 0 Å². The van der Waals surface area contributed by atoms with Crippen LogP contribution in [0.1, 0.15) is 18.3 Å². The number of esters is 1. The molecule has 2 heterocycles. The zero-order valence-electron chi connectivity index (χ0n) is 10.2. The Bertz CT molecular complexity index is 416. The van der Waals surface area contributed by atoms with Gasteiger partial charge in [0.15, 0.2) is 6.29 Å². The zero-order valence-corrected chi connectivity index (χ0v) is 10.2. The number of nitrogen functional groups attached to an aromatic ring is 1. The van der Waals surface area contributed by atoms with Gasteiger partial charge in [0.1, 0.15) is 0 Å². The van der Waals surface area contributed by atoms with Crippen LogP contribution in [0.25, 0.3) is 0 Å². The summed E-state index contributed by atoms with van der Waals surface area (Å²) < 4.78 is 15.7. The fraction of sp³-hybridized carbons (Fsp3) is 0.500. The summed E-state index contributed by atoms with van der Waals surface area (Å²) in [5.41, 5.74) is 7.09. The third-order valence-corrected chi connectivity index (χ3v) is 2.79. The minimum Gasteiger partial charge on any atom is -0.469 e. The second-order valence-electron chi connectivity index (χ2n) is 4.15. The summed E-state index contributed by atoms with van der Waals surface area (Å²) in [4.78, 5) is 15.0. The van der Waals surface area contributed by atoms with Gasteiger partial charge in [-0.25, -0.2) is 0 Å². The van der Waals surface area contributed by atoms with Crippen LogP contribution in [0, 0.1) is 5.92 Å². The van der Waals surface area contributed by atoms with Gasteiger partial charge in [0, 0.05) is 17.7 Å². The van der Waals surface area contributed by atoms with Crippen molar-refractivity contribution in [3.8, 4) is 0 Å². The number of aromatic nitrogens is 1. The fourth-order valence-electron chi connectivity index (χ4n) is 1.79. The first kappa shape index (κ1) is 12.8. The van der Waals surface area contributed by atoms with Crippen molar-refractivity contribution < 1.29 is 19.0 Å². The molecule has 1 aliphatic heterocycles. The van der Waals surface area contributed by atoms with Crippen molar-refractivity contribution >= 4 is 11.7 Å². The molecule has 0 bridgehead atoms. The molecule has 1 aromatic rings. The van der Waals surface area contributed by atoms with E-state index in [2.05, 4.69) is 9.72 Å². The van der Waals surface area contributed by atoms with E-state index in [0.717, 1.165) is 5.56 Å². The Morgan fingerprint density at radius 1 is 1.56 bits per heavy atom. The van der Waals surface area contributed by atoms with E-state index < -0.39 is 6.29 Å². The topological polar surface area (TPSA) is 83.7 Å². The van der Waals surface area contributed by atoms with Gasteiger partial charge >= 0.3 is 5.97 Å². The van der Waals surface area contributed by atoms with Crippen LogP contribution in [0.15, 0.2) is 18.5 Å². The number of anilines is 1. The van der Waals surface area contributed by atoms with Gasteiger partial charge in [-0.05, 0) is 6.07 Å². The van der Waals surface area contributed by atoms with Crippen molar-refractivity contribution in [2.75, 3.05) is 26.1 Å². The summed E-state index contributed by atoms with van der Waals surface area (Å²) in [5.74, 6) is -0.231. The first-order chi connectivity index (χ1) is 8.70. The van der Waals surface area contributed by atoms with E-state index in [0.29, 0.717) is 25.3 Å². The molecule has 0 atom stereocenters. The number of carbonyl (C=O) groups is 1. The molecule has 0 saturated carbocycles. The molecule has 18 heavy (non-hydrogen) atoms. The molecule has 0 aliphatic carbocycles. The van der Waals surface area contributed by atoms with E-state index in [4.69, 9.17) is 15.2 Å². The van der Waals surface area contributed by atoms with E-state index in [-0.39, 0.29) is 11.9 Å². The van der Waals surface area contributed by atoms with Crippen molar-refractivity contribution in [3.63, 3.8) is 0 Å². The molecule has 0 amide bonds. The molecule has 0 spiro atoms. The monoisotopic (exact) mass is 252 g/mol. The van der Waals surface area contributed by atoms with Crippen LogP contribution >= 0.6 is 0 Å². The maximum Gasteiger partial charge on any atom is 0.305 e. The minimum atomic E-state index is -0.484. The van der Waals surface area contributed by atoms with Gasteiger partial charge in [-0.15, -0.1) is 0 Å². The number of rotatable bonds is 3. The average molecular weight is 252 g/mol. The van der Waals surface area contributed by atoms with Crippen LogP contribution in [-0.2, 0) is 19.0 Å². The van der Waals surface area contributed by atoms with Crippen molar-refractivity contribution in [2.45, 2.75) is 12.7 Å². The van der Waals surface area contributed by atoms with Gasteiger partial charge < -0.3 is 19.9 Å². The Hall–Kier alpha value is -1.66. The summed E-state index contributed by atoms with van der Waals surface area (Å²) in [6.07, 6.45) is 3.01. The Balaban J connectivity index is 1.91. The highest BCUT2D eigenvalue weighted by molar-refractivity contribution is 5.69. The van der Waals surface area contributed by atoms with Gasteiger partial charge in [0.2, 0.25) is 0 Å². The Labute approximate surface area is 105 Å². The van der Waals surface area contributed by atoms with Crippen LogP contribution < -0.4 is 5.73 Å². The normalized spacial score (nSPS) is 23.6. The third kappa shape index (κ3) is 2.96. The molecule has 0 aromatic carbocycles. The number of carbonyl (C=O) groups excluding carboxylic acids is 1. The van der Waals surface area contributed by atoms with Crippen LogP contribution in [0.3, 0.4) is 0 Å². The number of hydrogen-bond acceptors (Lipinski definition) is 6. The van der Waals surface area contributed by atoms with Crippen LogP contribution in [0.2, 0.25) is 0 Å². The SMILES string of the molecule is COC(=O)CC1COC(c2ccncc2N)OC1. The number of nitrogens with two attached hydrogens (primary N) is 1. The standard InChI is InChI=1S/C12H16N2O4/c1-16-11(15)4-8-6-17-12(18-7-8)9-2-3-14-5-10(9)13/h2-3,5,8,12H,4,6-7,13H2,1H3. The molecular formula is C12H16N2O4. The highest BCUT2D eigenvalue weighted by atomic mass is 16.7. The number of pyridine rings is 1. The van der Waals surface area contributed by atoms with Crippen LogP contribution in [-0.4, -0.2) is 31.3 Å².